The fraction of sp³-hybridized carbons (Fsp3) is 0.500. The van der Waals surface area contributed by atoms with Crippen LogP contribution in [0.1, 0.15) is 87.1 Å². The zero-order chi connectivity index (χ0) is 32.0. The quantitative estimate of drug-likeness (QED) is 0.171. The summed E-state index contributed by atoms with van der Waals surface area (Å²) in [4.78, 5) is 40.4. The fourth-order valence-electron chi connectivity index (χ4n) is 6.04. The molecule has 0 fully saturated rings. The topological polar surface area (TPSA) is 118 Å². The molecule has 0 bridgehead atoms. The van der Waals surface area contributed by atoms with Crippen LogP contribution in [0.5, 0.6) is 23.0 Å². The number of hydrogen-bond donors (Lipinski definition) is 1. The van der Waals surface area contributed by atoms with E-state index in [-0.39, 0.29) is 46.2 Å². The Morgan fingerprint density at radius 2 is 1.70 bits per heavy atom. The van der Waals surface area contributed by atoms with Crippen LogP contribution in [0, 0.1) is 5.92 Å². The van der Waals surface area contributed by atoms with Crippen LogP contribution in [0.3, 0.4) is 0 Å². The van der Waals surface area contributed by atoms with Gasteiger partial charge < -0.3 is 28.8 Å². The van der Waals surface area contributed by atoms with E-state index in [1.807, 2.05) is 0 Å². The van der Waals surface area contributed by atoms with Crippen LogP contribution in [0.15, 0.2) is 41.7 Å². The number of carbonyl (C=O) groups excluding carboxylic acids is 3. The van der Waals surface area contributed by atoms with Crippen LogP contribution in [0.4, 0.5) is 0 Å². The van der Waals surface area contributed by atoms with Gasteiger partial charge >= 0.3 is 5.97 Å². The number of hydrogen-bond acceptors (Lipinski definition) is 9. The summed E-state index contributed by atoms with van der Waals surface area (Å²) in [6, 6.07) is 8.50. The Bertz CT molecular complexity index is 1410. The van der Waals surface area contributed by atoms with Crippen molar-refractivity contribution < 1.29 is 43.2 Å². The Balaban J connectivity index is 1.70. The molecular formula is C34H41ClO9. The van der Waals surface area contributed by atoms with Gasteiger partial charge in [0.05, 0.1) is 34.4 Å². The molecule has 0 aromatic heterocycles. The third kappa shape index (κ3) is 6.25. The van der Waals surface area contributed by atoms with Crippen LogP contribution in [-0.2, 0) is 14.3 Å². The number of benzene rings is 2. The van der Waals surface area contributed by atoms with Crippen molar-refractivity contribution in [3.8, 4) is 23.0 Å². The molecule has 0 amide bonds. The molecule has 4 rings (SSSR count). The number of allylic oxidation sites excluding steroid dienone is 1. The Morgan fingerprint density at radius 3 is 2.34 bits per heavy atom. The monoisotopic (exact) mass is 628 g/mol. The van der Waals surface area contributed by atoms with Gasteiger partial charge in [0, 0.05) is 29.9 Å². The van der Waals surface area contributed by atoms with E-state index in [1.54, 1.807) is 31.2 Å². The maximum absolute atomic E-state index is 14.1. The second-order valence-electron chi connectivity index (χ2n) is 11.3. The van der Waals surface area contributed by atoms with Crippen molar-refractivity contribution in [1.29, 1.82) is 0 Å². The van der Waals surface area contributed by atoms with Crippen LogP contribution in [0.2, 0.25) is 5.02 Å². The summed E-state index contributed by atoms with van der Waals surface area (Å²) in [5, 5.41) is 11.9. The summed E-state index contributed by atoms with van der Waals surface area (Å²) in [6.07, 6.45) is 6.54. The van der Waals surface area contributed by atoms with Gasteiger partial charge in [-0.1, -0.05) is 69.7 Å². The number of aliphatic hydroxyl groups excluding tert-OH is 1. The molecule has 0 radical (unpaired) electrons. The third-order valence-electron chi connectivity index (χ3n) is 8.51. The number of esters is 1. The van der Waals surface area contributed by atoms with Gasteiger partial charge in [-0.3, -0.25) is 14.4 Å². The van der Waals surface area contributed by atoms with Gasteiger partial charge in [-0.15, -0.1) is 0 Å². The highest BCUT2D eigenvalue weighted by Gasteiger charge is 2.61. The molecule has 1 heterocycles. The molecule has 1 aliphatic heterocycles. The number of aliphatic hydroxyl groups is 1. The van der Waals surface area contributed by atoms with Gasteiger partial charge in [0.1, 0.15) is 27.8 Å². The largest absolute Gasteiger partial charge is 0.507 e. The number of halogens is 1. The summed E-state index contributed by atoms with van der Waals surface area (Å²) in [7, 11) is 4.06. The van der Waals surface area contributed by atoms with E-state index in [0.29, 0.717) is 17.9 Å². The first-order chi connectivity index (χ1) is 21.1. The molecule has 1 spiro atoms. The minimum absolute atomic E-state index is 0.00338. The second-order valence-corrected chi connectivity index (χ2v) is 11.7. The Hall–Kier alpha value is -3.72. The number of fused-ring (bicyclic) bond motifs is 1. The van der Waals surface area contributed by atoms with E-state index in [4.69, 9.17) is 35.3 Å². The van der Waals surface area contributed by atoms with Crippen molar-refractivity contribution in [1.82, 2.24) is 0 Å². The van der Waals surface area contributed by atoms with E-state index in [9.17, 15) is 19.5 Å². The van der Waals surface area contributed by atoms with Crippen molar-refractivity contribution >= 4 is 29.1 Å². The van der Waals surface area contributed by atoms with Gasteiger partial charge in [0.25, 0.3) is 0 Å². The lowest BCUT2D eigenvalue weighted by Gasteiger charge is -2.38. The number of Topliss-reactive ketones (excluding diaryl/α,β-unsaturated/α-hetero) is 2. The minimum atomic E-state index is -1.95. The maximum Gasteiger partial charge on any atom is 0.306 e. The van der Waals surface area contributed by atoms with Crippen molar-refractivity contribution in [2.45, 2.75) is 76.7 Å². The second kappa shape index (κ2) is 14.4. The lowest BCUT2D eigenvalue weighted by Crippen LogP contribution is -2.53. The molecule has 238 valence electrons. The van der Waals surface area contributed by atoms with Crippen LogP contribution < -0.4 is 18.9 Å². The highest BCUT2D eigenvalue weighted by atomic mass is 35.5. The van der Waals surface area contributed by atoms with Gasteiger partial charge in [-0.2, -0.15) is 0 Å². The molecule has 2 aromatic carbocycles. The number of rotatable bonds is 14. The first kappa shape index (κ1) is 33.2. The average molecular weight is 629 g/mol. The summed E-state index contributed by atoms with van der Waals surface area (Å²) in [5.41, 5.74) is -1.43. The average Bonchev–Trinajstić information content (AvgIpc) is 3.34. The smallest absolute Gasteiger partial charge is 0.306 e. The normalized spacial score (nSPS) is 19.9. The first-order valence-electron chi connectivity index (χ1n) is 15.1. The molecule has 1 aliphatic carbocycles. The SMILES string of the molecule is CCCCCCCCOc1ccc([C@H](CC(=O)OC)C2=C(O)[C@@]3(Oc4c(Cl)c(OC)cc(OC)c4C3=O)[C@H](C)CC2=O)cc1. The van der Waals surface area contributed by atoms with Gasteiger partial charge in [-0.25, -0.2) is 0 Å². The number of methoxy groups -OCH3 is 3. The molecule has 2 aliphatic rings. The molecule has 9 nitrogen and oxygen atoms in total. The Morgan fingerprint density at radius 1 is 1.05 bits per heavy atom. The molecule has 1 N–H and O–H groups in total. The number of unbranched alkanes of at least 4 members (excludes halogenated alkanes) is 5. The van der Waals surface area contributed by atoms with Crippen molar-refractivity contribution in [3.63, 3.8) is 0 Å². The van der Waals surface area contributed by atoms with Crippen LogP contribution in [-0.4, -0.2) is 56.2 Å². The molecular weight excluding hydrogens is 588 g/mol. The van der Waals surface area contributed by atoms with E-state index in [2.05, 4.69) is 6.92 Å². The van der Waals surface area contributed by atoms with Gasteiger partial charge in [0.15, 0.2) is 17.3 Å². The highest BCUT2D eigenvalue weighted by Crippen LogP contribution is 2.55. The molecule has 2 aromatic rings. The Kier molecular flexibility index (Phi) is 10.8. The van der Waals surface area contributed by atoms with E-state index in [0.717, 1.165) is 12.8 Å². The lowest BCUT2D eigenvalue weighted by atomic mass is 9.69. The van der Waals surface area contributed by atoms with Crippen LogP contribution >= 0.6 is 11.6 Å². The lowest BCUT2D eigenvalue weighted by molar-refractivity contribution is -0.140. The number of ether oxygens (including phenoxy) is 5. The maximum atomic E-state index is 14.1. The molecule has 44 heavy (non-hydrogen) atoms. The molecule has 0 unspecified atom stereocenters. The minimum Gasteiger partial charge on any atom is -0.507 e. The summed E-state index contributed by atoms with van der Waals surface area (Å²) in [5.74, 6) is -2.80. The third-order valence-corrected chi connectivity index (χ3v) is 8.87. The zero-order valence-electron chi connectivity index (χ0n) is 26.0. The van der Waals surface area contributed by atoms with E-state index >= 15 is 0 Å². The van der Waals surface area contributed by atoms with E-state index < -0.39 is 40.7 Å². The van der Waals surface area contributed by atoms with Gasteiger partial charge in [0.2, 0.25) is 11.4 Å². The Labute approximate surface area is 263 Å². The fourth-order valence-corrected chi connectivity index (χ4v) is 6.31. The summed E-state index contributed by atoms with van der Waals surface area (Å²) < 4.78 is 27.9. The molecule has 3 atom stereocenters. The van der Waals surface area contributed by atoms with Gasteiger partial charge in [-0.05, 0) is 24.1 Å². The molecule has 0 saturated heterocycles. The van der Waals surface area contributed by atoms with Crippen molar-refractivity contribution in [3.05, 3.63) is 57.8 Å². The van der Waals surface area contributed by atoms with Crippen molar-refractivity contribution in [2.24, 2.45) is 5.92 Å². The summed E-state index contributed by atoms with van der Waals surface area (Å²) >= 11 is 6.55. The zero-order valence-corrected chi connectivity index (χ0v) is 26.8. The highest BCUT2D eigenvalue weighted by molar-refractivity contribution is 6.35. The standard InChI is InChI=1S/C34H41ClO9/c1-6-7-8-9-10-11-16-43-22-14-12-21(13-15-22)23(18-27(37)42-5)28-24(36)17-20(2)34(32(28)38)33(39)29-25(40-3)19-26(41-4)30(35)31(29)44-34/h12-15,19-20,23,38H,6-11,16-18H2,1-5H3/t20-,23+,34+/m1/s1. The molecule has 10 heteroatoms. The first-order valence-corrected chi connectivity index (χ1v) is 15.5. The van der Waals surface area contributed by atoms with Crippen molar-refractivity contribution in [2.75, 3.05) is 27.9 Å². The number of ketones is 2. The van der Waals surface area contributed by atoms with E-state index in [1.165, 1.54) is 53.1 Å². The predicted molar refractivity (Wildman–Crippen MR) is 165 cm³/mol. The van der Waals surface area contributed by atoms with Crippen LogP contribution in [0.25, 0.3) is 0 Å². The summed E-state index contributed by atoms with van der Waals surface area (Å²) in [6.45, 7) is 4.42. The number of carbonyl (C=O) groups is 3. The predicted octanol–water partition coefficient (Wildman–Crippen LogP) is 7.18. The molecule has 0 saturated carbocycles.